The SMILES string of the molecule is CC(Oc1ccc(Cl)c(Cl)c1)C(=O)Nc1cccc(-c2cn[nH]c2)c1. The first-order valence-electron chi connectivity index (χ1n) is 7.55. The first kappa shape index (κ1) is 17.3. The number of nitrogens with zero attached hydrogens (tertiary/aromatic N) is 1. The molecular weight excluding hydrogens is 361 g/mol. The predicted molar refractivity (Wildman–Crippen MR) is 99.2 cm³/mol. The van der Waals surface area contributed by atoms with Crippen LogP contribution in [0.25, 0.3) is 11.1 Å². The number of nitrogens with one attached hydrogen (secondary N) is 2. The standard InChI is InChI=1S/C18H15Cl2N3O2/c1-11(25-15-5-6-16(19)17(20)8-15)18(24)23-14-4-2-3-12(7-14)13-9-21-22-10-13/h2-11H,1H3,(H,21,22)(H,23,24). The zero-order chi connectivity index (χ0) is 17.8. The van der Waals surface area contributed by atoms with Crippen LogP contribution in [0.1, 0.15) is 6.92 Å². The minimum atomic E-state index is -0.699. The number of anilines is 1. The molecule has 7 heteroatoms. The molecular formula is C18H15Cl2N3O2. The zero-order valence-electron chi connectivity index (χ0n) is 13.3. The molecule has 0 bridgehead atoms. The minimum Gasteiger partial charge on any atom is -0.481 e. The lowest BCUT2D eigenvalue weighted by Gasteiger charge is -2.15. The monoisotopic (exact) mass is 375 g/mol. The van der Waals surface area contributed by atoms with Gasteiger partial charge in [-0.25, -0.2) is 0 Å². The molecule has 0 aliphatic rings. The second-order valence-electron chi connectivity index (χ2n) is 5.39. The maximum Gasteiger partial charge on any atom is 0.265 e. The minimum absolute atomic E-state index is 0.268. The number of aromatic amines is 1. The Morgan fingerprint density at radius 1 is 1.16 bits per heavy atom. The summed E-state index contributed by atoms with van der Waals surface area (Å²) in [6, 6.07) is 12.4. The van der Waals surface area contributed by atoms with E-state index in [1.54, 1.807) is 37.5 Å². The highest BCUT2D eigenvalue weighted by atomic mass is 35.5. The van der Waals surface area contributed by atoms with Gasteiger partial charge in [-0.05, 0) is 36.8 Å². The van der Waals surface area contributed by atoms with Gasteiger partial charge in [-0.3, -0.25) is 9.89 Å². The molecule has 2 N–H and O–H groups in total. The molecule has 0 fully saturated rings. The van der Waals surface area contributed by atoms with Crippen molar-refractivity contribution >= 4 is 34.8 Å². The summed E-state index contributed by atoms with van der Waals surface area (Å²) in [5.74, 6) is 0.208. The van der Waals surface area contributed by atoms with E-state index >= 15 is 0 Å². The molecule has 3 rings (SSSR count). The quantitative estimate of drug-likeness (QED) is 0.673. The lowest BCUT2D eigenvalue weighted by Crippen LogP contribution is -2.30. The van der Waals surface area contributed by atoms with Gasteiger partial charge in [-0.2, -0.15) is 5.10 Å². The number of carbonyl (C=O) groups excluding carboxylic acids is 1. The second kappa shape index (κ2) is 7.59. The number of halogens is 2. The molecule has 0 aliphatic carbocycles. The molecule has 0 saturated heterocycles. The van der Waals surface area contributed by atoms with E-state index in [1.165, 1.54) is 0 Å². The fourth-order valence-electron chi connectivity index (χ4n) is 2.24. The fourth-order valence-corrected chi connectivity index (χ4v) is 2.53. The van der Waals surface area contributed by atoms with Crippen LogP contribution in [-0.4, -0.2) is 22.2 Å². The highest BCUT2D eigenvalue weighted by molar-refractivity contribution is 6.42. The van der Waals surface area contributed by atoms with Crippen molar-refractivity contribution < 1.29 is 9.53 Å². The number of H-pyrrole nitrogens is 1. The lowest BCUT2D eigenvalue weighted by molar-refractivity contribution is -0.122. The van der Waals surface area contributed by atoms with Crippen LogP contribution in [0.4, 0.5) is 5.69 Å². The number of carbonyl (C=O) groups is 1. The summed E-state index contributed by atoms with van der Waals surface area (Å²) in [4.78, 5) is 12.4. The van der Waals surface area contributed by atoms with Crippen molar-refractivity contribution in [3.8, 4) is 16.9 Å². The van der Waals surface area contributed by atoms with E-state index < -0.39 is 6.10 Å². The molecule has 1 unspecified atom stereocenters. The van der Waals surface area contributed by atoms with Gasteiger partial charge in [0.25, 0.3) is 5.91 Å². The van der Waals surface area contributed by atoms with Crippen LogP contribution in [-0.2, 0) is 4.79 Å². The summed E-state index contributed by atoms with van der Waals surface area (Å²) in [6.45, 7) is 1.66. The number of benzene rings is 2. The molecule has 0 spiro atoms. The first-order chi connectivity index (χ1) is 12.0. The van der Waals surface area contributed by atoms with Crippen LogP contribution in [0.15, 0.2) is 54.9 Å². The highest BCUT2D eigenvalue weighted by Crippen LogP contribution is 2.27. The topological polar surface area (TPSA) is 67.0 Å². The molecule has 1 atom stereocenters. The van der Waals surface area contributed by atoms with Crippen LogP contribution in [0, 0.1) is 0 Å². The molecule has 0 aliphatic heterocycles. The molecule has 2 aromatic carbocycles. The van der Waals surface area contributed by atoms with Gasteiger partial charge < -0.3 is 10.1 Å². The van der Waals surface area contributed by atoms with E-state index in [9.17, 15) is 4.79 Å². The maximum atomic E-state index is 12.4. The first-order valence-corrected chi connectivity index (χ1v) is 8.30. The van der Waals surface area contributed by atoms with E-state index in [2.05, 4.69) is 15.5 Å². The Labute approximate surface area is 154 Å². The molecule has 0 saturated carbocycles. The summed E-state index contributed by atoms with van der Waals surface area (Å²) >= 11 is 11.8. The molecule has 1 amide bonds. The third-order valence-electron chi connectivity index (χ3n) is 3.53. The smallest absolute Gasteiger partial charge is 0.265 e. The molecule has 128 valence electrons. The summed E-state index contributed by atoms with van der Waals surface area (Å²) < 4.78 is 5.62. The van der Waals surface area contributed by atoms with Crippen molar-refractivity contribution in [1.82, 2.24) is 10.2 Å². The van der Waals surface area contributed by atoms with Gasteiger partial charge in [0.2, 0.25) is 0 Å². The third-order valence-corrected chi connectivity index (χ3v) is 4.27. The van der Waals surface area contributed by atoms with E-state index in [1.807, 2.05) is 24.3 Å². The van der Waals surface area contributed by atoms with Gasteiger partial charge in [0, 0.05) is 23.5 Å². The highest BCUT2D eigenvalue weighted by Gasteiger charge is 2.16. The average Bonchev–Trinajstić information content (AvgIpc) is 3.13. The molecule has 25 heavy (non-hydrogen) atoms. The van der Waals surface area contributed by atoms with Crippen LogP contribution in [0.5, 0.6) is 5.75 Å². The Balaban J connectivity index is 1.67. The van der Waals surface area contributed by atoms with Crippen molar-refractivity contribution in [2.45, 2.75) is 13.0 Å². The number of hydrogen-bond acceptors (Lipinski definition) is 3. The van der Waals surface area contributed by atoms with Crippen molar-refractivity contribution in [1.29, 1.82) is 0 Å². The molecule has 3 aromatic rings. The van der Waals surface area contributed by atoms with Crippen LogP contribution in [0.2, 0.25) is 10.0 Å². The van der Waals surface area contributed by atoms with E-state index in [-0.39, 0.29) is 5.91 Å². The van der Waals surface area contributed by atoms with Crippen molar-refractivity contribution in [3.63, 3.8) is 0 Å². The third kappa shape index (κ3) is 4.32. The van der Waals surface area contributed by atoms with Crippen molar-refractivity contribution in [3.05, 3.63) is 64.9 Å². The normalized spacial score (nSPS) is 11.8. The summed E-state index contributed by atoms with van der Waals surface area (Å²) in [7, 11) is 0. The Bertz CT molecular complexity index is 882. The number of ether oxygens (including phenoxy) is 1. The average molecular weight is 376 g/mol. The number of hydrogen-bond donors (Lipinski definition) is 2. The van der Waals surface area contributed by atoms with Gasteiger partial charge in [-0.1, -0.05) is 35.3 Å². The maximum absolute atomic E-state index is 12.4. The number of aromatic nitrogens is 2. The lowest BCUT2D eigenvalue weighted by atomic mass is 10.1. The molecule has 0 radical (unpaired) electrons. The van der Waals surface area contributed by atoms with Gasteiger partial charge in [0.15, 0.2) is 6.10 Å². The van der Waals surface area contributed by atoms with Gasteiger partial charge in [0.1, 0.15) is 5.75 Å². The Morgan fingerprint density at radius 3 is 2.72 bits per heavy atom. The fraction of sp³-hybridized carbons (Fsp3) is 0.111. The predicted octanol–water partition coefficient (Wildman–Crippen LogP) is 4.79. The van der Waals surface area contributed by atoms with Crippen LogP contribution < -0.4 is 10.1 Å². The molecule has 5 nitrogen and oxygen atoms in total. The Hall–Kier alpha value is -2.50. The van der Waals surface area contributed by atoms with E-state index in [0.29, 0.717) is 21.5 Å². The number of rotatable bonds is 5. The van der Waals surface area contributed by atoms with Crippen LogP contribution in [0.3, 0.4) is 0 Å². The Morgan fingerprint density at radius 2 is 2.00 bits per heavy atom. The second-order valence-corrected chi connectivity index (χ2v) is 6.21. The molecule has 1 heterocycles. The van der Waals surface area contributed by atoms with E-state index in [4.69, 9.17) is 27.9 Å². The Kier molecular flexibility index (Phi) is 5.26. The summed E-state index contributed by atoms with van der Waals surface area (Å²) in [6.07, 6.45) is 2.81. The summed E-state index contributed by atoms with van der Waals surface area (Å²) in [5, 5.41) is 10.3. The van der Waals surface area contributed by atoms with Crippen LogP contribution >= 0.6 is 23.2 Å². The van der Waals surface area contributed by atoms with Gasteiger partial charge >= 0.3 is 0 Å². The van der Waals surface area contributed by atoms with Crippen molar-refractivity contribution in [2.24, 2.45) is 0 Å². The van der Waals surface area contributed by atoms with Gasteiger partial charge in [0.05, 0.1) is 16.2 Å². The largest absolute Gasteiger partial charge is 0.481 e. The summed E-state index contributed by atoms with van der Waals surface area (Å²) in [5.41, 5.74) is 2.56. The van der Waals surface area contributed by atoms with Crippen molar-refractivity contribution in [2.75, 3.05) is 5.32 Å². The zero-order valence-corrected chi connectivity index (χ0v) is 14.8. The van der Waals surface area contributed by atoms with E-state index in [0.717, 1.165) is 11.1 Å². The molecule has 1 aromatic heterocycles. The number of amides is 1. The van der Waals surface area contributed by atoms with Gasteiger partial charge in [-0.15, -0.1) is 0 Å².